The van der Waals surface area contributed by atoms with Crippen molar-refractivity contribution in [3.63, 3.8) is 0 Å². The Bertz CT molecular complexity index is 209. The predicted octanol–water partition coefficient (Wildman–Crippen LogP) is 1.64. The lowest BCUT2D eigenvalue weighted by atomic mass is 9.97. The molecular formula is C12H24N2O2. The molecule has 0 bridgehead atoms. The topological polar surface area (TPSA) is 61.4 Å². The maximum absolute atomic E-state index is 11.4. The third-order valence-corrected chi connectivity index (χ3v) is 3.30. The van der Waals surface area contributed by atoms with Gasteiger partial charge in [-0.1, -0.05) is 26.2 Å². The fourth-order valence-corrected chi connectivity index (χ4v) is 2.43. The van der Waals surface area contributed by atoms with Gasteiger partial charge in [-0.25, -0.2) is 4.79 Å². The Balaban J connectivity index is 2.25. The second kappa shape index (κ2) is 7.49. The lowest BCUT2D eigenvalue weighted by Crippen LogP contribution is -2.44. The molecule has 0 spiro atoms. The van der Waals surface area contributed by atoms with Crippen LogP contribution in [0.5, 0.6) is 0 Å². The fraction of sp³-hybridized carbons (Fsp3) is 0.917. The summed E-state index contributed by atoms with van der Waals surface area (Å²) in [6.07, 6.45) is 7.26. The number of hydrogen-bond donors (Lipinski definition) is 3. The molecule has 3 N–H and O–H groups in total. The average molecular weight is 228 g/mol. The van der Waals surface area contributed by atoms with Gasteiger partial charge in [-0.05, 0) is 25.2 Å². The lowest BCUT2D eigenvalue weighted by Gasteiger charge is -2.20. The Morgan fingerprint density at radius 3 is 2.94 bits per heavy atom. The van der Waals surface area contributed by atoms with Crippen molar-refractivity contribution in [1.82, 2.24) is 10.6 Å². The summed E-state index contributed by atoms with van der Waals surface area (Å²) in [5.74, 6) is 0.653. The number of unbranched alkanes of at least 4 members (excludes halogenated alkanes) is 1. The molecule has 2 amide bonds. The number of hydrogen-bond acceptors (Lipinski definition) is 2. The molecule has 94 valence electrons. The molecule has 4 nitrogen and oxygen atoms in total. The van der Waals surface area contributed by atoms with E-state index in [0.29, 0.717) is 18.5 Å². The van der Waals surface area contributed by atoms with Gasteiger partial charge in [0.1, 0.15) is 0 Å². The Labute approximate surface area is 97.8 Å². The first-order valence-electron chi connectivity index (χ1n) is 6.43. The van der Waals surface area contributed by atoms with Crippen LogP contribution in [0.25, 0.3) is 0 Å². The van der Waals surface area contributed by atoms with Crippen LogP contribution in [0.2, 0.25) is 0 Å². The van der Waals surface area contributed by atoms with Crippen molar-refractivity contribution >= 4 is 6.03 Å². The van der Waals surface area contributed by atoms with Crippen LogP contribution in [0.15, 0.2) is 0 Å². The molecule has 0 saturated heterocycles. The number of amides is 2. The molecule has 0 aliphatic heterocycles. The lowest BCUT2D eigenvalue weighted by molar-refractivity contribution is 0.226. The highest BCUT2D eigenvalue weighted by Gasteiger charge is 2.27. The van der Waals surface area contributed by atoms with Crippen molar-refractivity contribution in [1.29, 1.82) is 0 Å². The Hall–Kier alpha value is -0.770. The van der Waals surface area contributed by atoms with Crippen molar-refractivity contribution in [2.45, 2.75) is 51.5 Å². The first kappa shape index (κ1) is 13.3. The minimum atomic E-state index is -0.137. The van der Waals surface area contributed by atoms with Crippen LogP contribution < -0.4 is 10.6 Å². The first-order valence-corrected chi connectivity index (χ1v) is 6.43. The van der Waals surface area contributed by atoms with E-state index in [2.05, 4.69) is 17.6 Å². The van der Waals surface area contributed by atoms with Gasteiger partial charge in [0.2, 0.25) is 0 Å². The van der Waals surface area contributed by atoms with Crippen LogP contribution in [0.4, 0.5) is 4.79 Å². The van der Waals surface area contributed by atoms with Crippen LogP contribution in [-0.2, 0) is 0 Å². The predicted molar refractivity (Wildman–Crippen MR) is 64.3 cm³/mol. The maximum Gasteiger partial charge on any atom is 0.315 e. The van der Waals surface area contributed by atoms with Crippen molar-refractivity contribution in [2.24, 2.45) is 5.92 Å². The van der Waals surface area contributed by atoms with E-state index in [4.69, 9.17) is 5.11 Å². The summed E-state index contributed by atoms with van der Waals surface area (Å²) in [7, 11) is 0. The van der Waals surface area contributed by atoms with Gasteiger partial charge in [0.25, 0.3) is 0 Å². The zero-order valence-corrected chi connectivity index (χ0v) is 10.2. The van der Waals surface area contributed by atoms with Crippen molar-refractivity contribution in [3.05, 3.63) is 0 Å². The van der Waals surface area contributed by atoms with Crippen molar-refractivity contribution < 1.29 is 9.90 Å². The van der Waals surface area contributed by atoms with Gasteiger partial charge in [-0.15, -0.1) is 0 Å². The molecule has 0 radical (unpaired) electrons. The smallest absolute Gasteiger partial charge is 0.315 e. The van der Waals surface area contributed by atoms with E-state index < -0.39 is 0 Å². The molecular weight excluding hydrogens is 204 g/mol. The van der Waals surface area contributed by atoms with E-state index in [1.807, 2.05) is 0 Å². The molecule has 1 rings (SSSR count). The minimum Gasteiger partial charge on any atom is -0.395 e. The number of aliphatic hydroxyl groups is 1. The van der Waals surface area contributed by atoms with E-state index in [-0.39, 0.29) is 12.6 Å². The summed E-state index contributed by atoms with van der Waals surface area (Å²) in [6, 6.07) is 0.202. The number of aliphatic hydroxyl groups excluding tert-OH is 1. The normalized spacial score (nSPS) is 24.4. The molecule has 1 fully saturated rings. The summed E-state index contributed by atoms with van der Waals surface area (Å²) in [4.78, 5) is 11.4. The maximum atomic E-state index is 11.4. The molecule has 0 aromatic carbocycles. The van der Waals surface area contributed by atoms with Gasteiger partial charge >= 0.3 is 6.03 Å². The third-order valence-electron chi connectivity index (χ3n) is 3.30. The van der Waals surface area contributed by atoms with E-state index in [1.165, 1.54) is 32.1 Å². The van der Waals surface area contributed by atoms with Gasteiger partial charge in [-0.2, -0.15) is 0 Å². The zero-order valence-electron chi connectivity index (χ0n) is 10.2. The van der Waals surface area contributed by atoms with E-state index >= 15 is 0 Å². The average Bonchev–Trinajstić information content (AvgIpc) is 2.71. The van der Waals surface area contributed by atoms with Gasteiger partial charge < -0.3 is 15.7 Å². The van der Waals surface area contributed by atoms with Crippen molar-refractivity contribution in [3.8, 4) is 0 Å². The quantitative estimate of drug-likeness (QED) is 0.647. The number of nitrogens with one attached hydrogen (secondary N) is 2. The summed E-state index contributed by atoms with van der Waals surface area (Å²) in [5.41, 5.74) is 0. The molecule has 2 atom stereocenters. The van der Waals surface area contributed by atoms with Gasteiger partial charge in [0.15, 0.2) is 0 Å². The van der Waals surface area contributed by atoms with E-state index in [1.54, 1.807) is 0 Å². The molecule has 1 saturated carbocycles. The summed E-state index contributed by atoms with van der Waals surface area (Å²) in [5, 5.41) is 14.2. The minimum absolute atomic E-state index is 0.00263. The Morgan fingerprint density at radius 1 is 1.44 bits per heavy atom. The van der Waals surface area contributed by atoms with Gasteiger partial charge in [-0.3, -0.25) is 0 Å². The monoisotopic (exact) mass is 228 g/mol. The van der Waals surface area contributed by atoms with Crippen LogP contribution in [0.3, 0.4) is 0 Å². The SMILES string of the molecule is CCCCC1CCCC1NC(=O)NCCO. The fourth-order valence-electron chi connectivity index (χ4n) is 2.43. The molecule has 16 heavy (non-hydrogen) atoms. The van der Waals surface area contributed by atoms with E-state index in [9.17, 15) is 4.79 Å². The highest BCUT2D eigenvalue weighted by atomic mass is 16.3. The molecule has 0 aromatic rings. The molecule has 1 aliphatic rings. The molecule has 2 unspecified atom stereocenters. The first-order chi connectivity index (χ1) is 7.77. The highest BCUT2D eigenvalue weighted by Crippen LogP contribution is 2.29. The number of rotatable bonds is 6. The second-order valence-electron chi connectivity index (χ2n) is 4.56. The van der Waals surface area contributed by atoms with Crippen LogP contribution in [-0.4, -0.2) is 30.3 Å². The van der Waals surface area contributed by atoms with Crippen LogP contribution >= 0.6 is 0 Å². The standard InChI is InChI=1S/C12H24N2O2/c1-2-3-5-10-6-4-7-11(10)14-12(16)13-8-9-15/h10-11,15H,2-9H2,1H3,(H2,13,14,16). The van der Waals surface area contributed by atoms with E-state index in [0.717, 1.165) is 6.42 Å². The second-order valence-corrected chi connectivity index (χ2v) is 4.56. The highest BCUT2D eigenvalue weighted by molar-refractivity contribution is 5.74. The Kier molecular flexibility index (Phi) is 6.23. The summed E-state index contributed by atoms with van der Waals surface area (Å²) >= 11 is 0. The largest absolute Gasteiger partial charge is 0.395 e. The van der Waals surface area contributed by atoms with Crippen molar-refractivity contribution in [2.75, 3.05) is 13.2 Å². The van der Waals surface area contributed by atoms with Crippen LogP contribution in [0.1, 0.15) is 45.4 Å². The van der Waals surface area contributed by atoms with Crippen LogP contribution in [0, 0.1) is 5.92 Å². The summed E-state index contributed by atoms with van der Waals surface area (Å²) < 4.78 is 0. The number of carbonyl (C=O) groups is 1. The number of carbonyl (C=O) groups excluding carboxylic acids is 1. The van der Waals surface area contributed by atoms with Gasteiger partial charge in [0.05, 0.1) is 6.61 Å². The molecule has 0 aromatic heterocycles. The van der Waals surface area contributed by atoms with Gasteiger partial charge in [0, 0.05) is 12.6 Å². The summed E-state index contributed by atoms with van der Waals surface area (Å²) in [6.45, 7) is 2.53. The Morgan fingerprint density at radius 2 is 2.25 bits per heavy atom. The third kappa shape index (κ3) is 4.39. The zero-order chi connectivity index (χ0) is 11.8. The molecule has 1 aliphatic carbocycles. The molecule has 4 heteroatoms. The number of urea groups is 1. The molecule has 0 heterocycles.